The molecule has 9 heteroatoms. The fourth-order valence-electron chi connectivity index (χ4n) is 4.97. The van der Waals surface area contributed by atoms with Gasteiger partial charge in [-0.1, -0.05) is 26.7 Å². The van der Waals surface area contributed by atoms with E-state index in [9.17, 15) is 18.0 Å². The van der Waals surface area contributed by atoms with Gasteiger partial charge in [0.25, 0.3) is 0 Å². The van der Waals surface area contributed by atoms with Crippen molar-refractivity contribution in [2.24, 2.45) is 11.8 Å². The second-order valence-corrected chi connectivity index (χ2v) is 11.0. The van der Waals surface area contributed by atoms with Crippen LogP contribution in [0.2, 0.25) is 0 Å². The lowest BCUT2D eigenvalue weighted by Crippen LogP contribution is -2.46. The molecule has 31 heavy (non-hydrogen) atoms. The smallest absolute Gasteiger partial charge is 0.408 e. The van der Waals surface area contributed by atoms with Crippen molar-refractivity contribution in [3.05, 3.63) is 28.7 Å². The molecule has 4 rings (SSSR count). The molecule has 0 unspecified atom stereocenters. The Morgan fingerprint density at radius 3 is 2.58 bits per heavy atom. The Hall–Kier alpha value is -2.13. The van der Waals surface area contributed by atoms with E-state index >= 15 is 0 Å². The van der Waals surface area contributed by atoms with Crippen molar-refractivity contribution >= 4 is 27.0 Å². The lowest BCUT2D eigenvalue weighted by atomic mass is 9.77. The van der Waals surface area contributed by atoms with Gasteiger partial charge in [0.05, 0.1) is 10.4 Å². The van der Waals surface area contributed by atoms with E-state index in [4.69, 9.17) is 4.42 Å². The Bertz CT molecular complexity index is 1130. The highest BCUT2D eigenvalue weighted by atomic mass is 32.2. The molecule has 0 N–H and O–H groups in total. The van der Waals surface area contributed by atoms with Crippen LogP contribution >= 0.6 is 0 Å². The van der Waals surface area contributed by atoms with Gasteiger partial charge in [-0.2, -0.15) is 4.31 Å². The van der Waals surface area contributed by atoms with Gasteiger partial charge >= 0.3 is 5.76 Å². The number of benzene rings is 1. The largest absolute Gasteiger partial charge is 0.420 e. The summed E-state index contributed by atoms with van der Waals surface area (Å²) in [6, 6.07) is 4.59. The number of nitrogens with zero attached hydrogens (tertiary/aromatic N) is 3. The summed E-state index contributed by atoms with van der Waals surface area (Å²) in [4.78, 5) is 27.3. The van der Waals surface area contributed by atoms with E-state index < -0.39 is 15.8 Å². The summed E-state index contributed by atoms with van der Waals surface area (Å²) < 4.78 is 33.7. The minimum Gasteiger partial charge on any atom is -0.408 e. The molecular formula is C22H31N3O5S. The van der Waals surface area contributed by atoms with E-state index in [1.54, 1.807) is 18.0 Å². The average molecular weight is 450 g/mol. The molecule has 170 valence electrons. The van der Waals surface area contributed by atoms with Crippen LogP contribution in [-0.2, 0) is 21.4 Å². The first-order chi connectivity index (χ1) is 14.7. The van der Waals surface area contributed by atoms with E-state index in [1.165, 1.54) is 27.4 Å². The first-order valence-corrected chi connectivity index (χ1v) is 12.5. The standard InChI is InChI=1S/C22H31N3O5S/c1-15-7-6-8-18(16(15)2)23(3)21(26)14-25-19-10-9-17(13-20(19)30-22(25)27)31(28,29)24-11-4-5-12-24/h9-10,13,15-16,18H,4-8,11-12,14H2,1-3H3/t15-,16+,18-/m1/s1. The van der Waals surface area contributed by atoms with Crippen LogP contribution in [-0.4, -0.2) is 54.3 Å². The summed E-state index contributed by atoms with van der Waals surface area (Å²) in [6.07, 6.45) is 4.93. The topological polar surface area (TPSA) is 92.8 Å². The number of fused-ring (bicyclic) bond motifs is 1. The zero-order valence-corrected chi connectivity index (χ0v) is 19.2. The minimum atomic E-state index is -3.61. The molecule has 8 nitrogen and oxygen atoms in total. The van der Waals surface area contributed by atoms with Crippen LogP contribution in [0.25, 0.3) is 11.1 Å². The lowest BCUT2D eigenvalue weighted by molar-refractivity contribution is -0.134. The number of aromatic nitrogens is 1. The van der Waals surface area contributed by atoms with E-state index in [-0.39, 0.29) is 29.0 Å². The molecule has 2 aliphatic rings. The molecule has 0 radical (unpaired) electrons. The molecule has 1 aliphatic heterocycles. The number of hydrogen-bond acceptors (Lipinski definition) is 5. The maximum Gasteiger partial charge on any atom is 0.420 e. The second-order valence-electron chi connectivity index (χ2n) is 9.03. The normalized spacial score (nSPS) is 25.2. The van der Waals surface area contributed by atoms with Gasteiger partial charge in [-0.05, 0) is 43.2 Å². The van der Waals surface area contributed by atoms with Crippen molar-refractivity contribution in [1.29, 1.82) is 0 Å². The van der Waals surface area contributed by atoms with Crippen LogP contribution < -0.4 is 5.76 Å². The van der Waals surface area contributed by atoms with E-state index in [1.807, 2.05) is 0 Å². The van der Waals surface area contributed by atoms with Gasteiger partial charge in [-0.25, -0.2) is 13.2 Å². The van der Waals surface area contributed by atoms with Crippen molar-refractivity contribution < 1.29 is 17.6 Å². The molecule has 0 bridgehead atoms. The molecule has 2 fully saturated rings. The first kappa shape index (κ1) is 22.1. The van der Waals surface area contributed by atoms with Crippen molar-refractivity contribution in [3.8, 4) is 0 Å². The highest BCUT2D eigenvalue weighted by Gasteiger charge is 2.33. The molecule has 1 saturated carbocycles. The van der Waals surface area contributed by atoms with Crippen molar-refractivity contribution in [1.82, 2.24) is 13.8 Å². The monoisotopic (exact) mass is 449 g/mol. The molecule has 0 spiro atoms. The van der Waals surface area contributed by atoms with Crippen LogP contribution in [0, 0.1) is 11.8 Å². The predicted molar refractivity (Wildman–Crippen MR) is 117 cm³/mol. The molecular weight excluding hydrogens is 418 g/mol. The summed E-state index contributed by atoms with van der Waals surface area (Å²) >= 11 is 0. The third-order valence-corrected chi connectivity index (χ3v) is 9.09. The number of sulfonamides is 1. The Balaban J connectivity index is 1.58. The van der Waals surface area contributed by atoms with Gasteiger partial charge in [-0.15, -0.1) is 0 Å². The van der Waals surface area contributed by atoms with E-state index in [2.05, 4.69) is 13.8 Å². The minimum absolute atomic E-state index is 0.108. The quantitative estimate of drug-likeness (QED) is 0.700. The van der Waals surface area contributed by atoms with Crippen molar-refractivity contribution in [2.45, 2.75) is 63.4 Å². The predicted octanol–water partition coefficient (Wildman–Crippen LogP) is 2.66. The first-order valence-electron chi connectivity index (χ1n) is 11.1. The van der Waals surface area contributed by atoms with Gasteiger partial charge < -0.3 is 9.32 Å². The maximum atomic E-state index is 13.0. The Morgan fingerprint density at radius 1 is 1.16 bits per heavy atom. The van der Waals surface area contributed by atoms with Crippen molar-refractivity contribution in [2.75, 3.05) is 20.1 Å². The van der Waals surface area contributed by atoms with Crippen LogP contribution in [0.4, 0.5) is 0 Å². The average Bonchev–Trinajstić information content (AvgIpc) is 3.38. The number of carbonyl (C=O) groups excluding carboxylic acids is 1. The van der Waals surface area contributed by atoms with Crippen LogP contribution in [0.5, 0.6) is 0 Å². The second kappa shape index (κ2) is 8.43. The van der Waals surface area contributed by atoms with Gasteiger partial charge in [0, 0.05) is 32.2 Å². The Morgan fingerprint density at radius 2 is 1.87 bits per heavy atom. The van der Waals surface area contributed by atoms with E-state index in [0.29, 0.717) is 30.4 Å². The Kier molecular flexibility index (Phi) is 6.00. The van der Waals surface area contributed by atoms with Gasteiger partial charge in [-0.3, -0.25) is 9.36 Å². The number of oxazole rings is 1. The molecule has 1 aromatic carbocycles. The number of likely N-dealkylation sites (N-methyl/N-ethyl adjacent to an activating group) is 1. The molecule has 1 aliphatic carbocycles. The molecule has 1 saturated heterocycles. The van der Waals surface area contributed by atoms with Crippen LogP contribution in [0.3, 0.4) is 0 Å². The highest BCUT2D eigenvalue weighted by molar-refractivity contribution is 7.89. The lowest BCUT2D eigenvalue weighted by Gasteiger charge is -2.39. The molecule has 3 atom stereocenters. The number of rotatable bonds is 5. The van der Waals surface area contributed by atoms with Crippen molar-refractivity contribution in [3.63, 3.8) is 0 Å². The molecule has 2 aromatic rings. The van der Waals surface area contributed by atoms with Gasteiger partial charge in [0.2, 0.25) is 15.9 Å². The number of amides is 1. The third-order valence-electron chi connectivity index (χ3n) is 7.19. The van der Waals surface area contributed by atoms with Gasteiger partial charge in [0.15, 0.2) is 5.58 Å². The molecule has 2 heterocycles. The number of carbonyl (C=O) groups is 1. The highest BCUT2D eigenvalue weighted by Crippen LogP contribution is 2.32. The zero-order chi connectivity index (χ0) is 22.3. The van der Waals surface area contributed by atoms with Crippen LogP contribution in [0.15, 0.2) is 32.3 Å². The van der Waals surface area contributed by atoms with Gasteiger partial charge in [0.1, 0.15) is 6.54 Å². The zero-order valence-electron chi connectivity index (χ0n) is 18.4. The Labute approximate surface area is 182 Å². The van der Waals surface area contributed by atoms with Crippen LogP contribution in [0.1, 0.15) is 46.0 Å². The fraction of sp³-hybridized carbons (Fsp3) is 0.636. The summed E-state index contributed by atoms with van der Waals surface area (Å²) in [7, 11) is -1.81. The summed E-state index contributed by atoms with van der Waals surface area (Å²) in [6.45, 7) is 5.28. The molecule has 1 amide bonds. The maximum absolute atomic E-state index is 13.0. The summed E-state index contributed by atoms with van der Waals surface area (Å²) in [5, 5.41) is 0. The molecule has 1 aromatic heterocycles. The third kappa shape index (κ3) is 4.05. The summed E-state index contributed by atoms with van der Waals surface area (Å²) in [5.41, 5.74) is 0.609. The summed E-state index contributed by atoms with van der Waals surface area (Å²) in [5.74, 6) is 0.156. The fourth-order valence-corrected chi connectivity index (χ4v) is 6.50. The van der Waals surface area contributed by atoms with E-state index in [0.717, 1.165) is 25.7 Å². The SMILES string of the molecule is C[C@H]1[C@H](C)CCC[C@H]1N(C)C(=O)Cn1c(=O)oc2cc(S(=O)(=O)N3CCCC3)ccc21. The number of hydrogen-bond donors (Lipinski definition) is 0.